The van der Waals surface area contributed by atoms with Gasteiger partial charge >= 0.3 is 5.97 Å². The average Bonchev–Trinajstić information content (AvgIpc) is 3.10. The minimum absolute atomic E-state index is 0.283. The Hall–Kier alpha value is -1.95. The van der Waals surface area contributed by atoms with E-state index in [0.29, 0.717) is 29.4 Å². The Kier molecular flexibility index (Phi) is 2.74. The normalized spacial score (nSPS) is 16.1. The van der Waals surface area contributed by atoms with E-state index < -0.39 is 5.41 Å². The molecule has 19 heavy (non-hydrogen) atoms. The first-order chi connectivity index (χ1) is 9.15. The van der Waals surface area contributed by atoms with Gasteiger partial charge in [0.2, 0.25) is 11.7 Å². The van der Waals surface area contributed by atoms with Crippen LogP contribution < -0.4 is 0 Å². The fourth-order valence-corrected chi connectivity index (χ4v) is 1.97. The lowest BCUT2D eigenvalue weighted by molar-refractivity contribution is -0.144. The predicted octanol–water partition coefficient (Wildman–Crippen LogP) is 1.99. The highest BCUT2D eigenvalue weighted by molar-refractivity contribution is 6.30. The Morgan fingerprint density at radius 3 is 2.84 bits per heavy atom. The van der Waals surface area contributed by atoms with Crippen molar-refractivity contribution in [2.45, 2.75) is 18.3 Å². The van der Waals surface area contributed by atoms with Crippen LogP contribution in [0.2, 0.25) is 5.02 Å². The largest absolute Gasteiger partial charge is 0.468 e. The second-order valence-corrected chi connectivity index (χ2v) is 4.79. The SMILES string of the molecule is COC(=O)C1(c2nc(-c3ccc(Cl)cn3)no2)CC1. The van der Waals surface area contributed by atoms with Gasteiger partial charge in [-0.1, -0.05) is 16.8 Å². The first-order valence-corrected chi connectivity index (χ1v) is 6.08. The molecule has 0 bridgehead atoms. The summed E-state index contributed by atoms with van der Waals surface area (Å²) in [5.41, 5.74) is -0.216. The number of pyridine rings is 1. The molecule has 0 spiro atoms. The summed E-state index contributed by atoms with van der Waals surface area (Å²) in [7, 11) is 1.35. The molecule has 0 atom stereocenters. The fourth-order valence-electron chi connectivity index (χ4n) is 1.86. The van der Waals surface area contributed by atoms with Crippen molar-refractivity contribution in [1.82, 2.24) is 15.1 Å². The zero-order chi connectivity index (χ0) is 13.5. The standard InChI is InChI=1S/C12H10ClN3O3/c1-18-11(17)12(4-5-12)10-15-9(16-19-10)8-3-2-7(13)6-14-8/h2-3,6H,4-5H2,1H3. The smallest absolute Gasteiger partial charge is 0.321 e. The highest BCUT2D eigenvalue weighted by Crippen LogP contribution is 2.48. The van der Waals surface area contributed by atoms with Crippen molar-refractivity contribution < 1.29 is 14.1 Å². The third-order valence-electron chi connectivity index (χ3n) is 3.12. The van der Waals surface area contributed by atoms with E-state index in [4.69, 9.17) is 20.9 Å². The summed E-state index contributed by atoms with van der Waals surface area (Å²) in [5.74, 6) is 0.278. The van der Waals surface area contributed by atoms with Crippen molar-refractivity contribution in [2.75, 3.05) is 7.11 Å². The summed E-state index contributed by atoms with van der Waals surface area (Å²) >= 11 is 5.76. The molecule has 2 aromatic heterocycles. The number of halogens is 1. The van der Waals surface area contributed by atoms with Crippen LogP contribution in [0.3, 0.4) is 0 Å². The molecular formula is C12H10ClN3O3. The van der Waals surface area contributed by atoms with E-state index in [1.54, 1.807) is 12.1 Å². The van der Waals surface area contributed by atoms with Gasteiger partial charge in [-0.2, -0.15) is 4.98 Å². The van der Waals surface area contributed by atoms with Crippen molar-refractivity contribution in [2.24, 2.45) is 0 Å². The van der Waals surface area contributed by atoms with Crippen LogP contribution >= 0.6 is 11.6 Å². The number of carbonyl (C=O) groups excluding carboxylic acids is 1. The van der Waals surface area contributed by atoms with Crippen LogP contribution in [0.4, 0.5) is 0 Å². The zero-order valence-electron chi connectivity index (χ0n) is 10.1. The maximum Gasteiger partial charge on any atom is 0.321 e. The molecule has 0 saturated heterocycles. The average molecular weight is 280 g/mol. The number of methoxy groups -OCH3 is 1. The lowest BCUT2D eigenvalue weighted by Gasteiger charge is -2.05. The quantitative estimate of drug-likeness (QED) is 0.800. The van der Waals surface area contributed by atoms with Crippen LogP contribution in [0.15, 0.2) is 22.9 Å². The molecule has 6 nitrogen and oxygen atoms in total. The molecule has 1 fully saturated rings. The van der Waals surface area contributed by atoms with Crippen molar-refractivity contribution >= 4 is 17.6 Å². The molecule has 1 saturated carbocycles. The highest BCUT2D eigenvalue weighted by Gasteiger charge is 2.57. The molecule has 98 valence electrons. The van der Waals surface area contributed by atoms with E-state index in [1.165, 1.54) is 13.3 Å². The summed E-state index contributed by atoms with van der Waals surface area (Å²) in [5, 5.41) is 4.37. The topological polar surface area (TPSA) is 78.1 Å². The number of aromatic nitrogens is 3. The summed E-state index contributed by atoms with van der Waals surface area (Å²) < 4.78 is 9.93. The Bertz CT molecular complexity index is 619. The molecule has 2 aromatic rings. The van der Waals surface area contributed by atoms with Crippen LogP contribution in [0.25, 0.3) is 11.5 Å². The summed E-state index contributed by atoms with van der Waals surface area (Å²) in [6.45, 7) is 0. The van der Waals surface area contributed by atoms with Gasteiger partial charge in [0.1, 0.15) is 11.1 Å². The summed E-state index contributed by atoms with van der Waals surface area (Å²) in [6, 6.07) is 3.38. The molecule has 0 amide bonds. The van der Waals surface area contributed by atoms with Gasteiger partial charge in [0.25, 0.3) is 0 Å². The Labute approximate surface area is 113 Å². The van der Waals surface area contributed by atoms with E-state index in [0.717, 1.165) is 0 Å². The molecule has 0 radical (unpaired) electrons. The molecule has 1 aliphatic carbocycles. The molecule has 0 aromatic carbocycles. The third-order valence-corrected chi connectivity index (χ3v) is 3.34. The fraction of sp³-hybridized carbons (Fsp3) is 0.333. The monoisotopic (exact) mass is 279 g/mol. The summed E-state index contributed by atoms with van der Waals surface area (Å²) in [6.07, 6.45) is 2.82. The maximum absolute atomic E-state index is 11.7. The van der Waals surface area contributed by atoms with E-state index in [-0.39, 0.29) is 11.9 Å². The molecular weight excluding hydrogens is 270 g/mol. The van der Waals surface area contributed by atoms with Crippen LogP contribution in [0.5, 0.6) is 0 Å². The predicted molar refractivity (Wildman–Crippen MR) is 65.5 cm³/mol. The van der Waals surface area contributed by atoms with E-state index >= 15 is 0 Å². The van der Waals surface area contributed by atoms with E-state index in [2.05, 4.69) is 15.1 Å². The minimum atomic E-state index is -0.758. The number of hydrogen-bond acceptors (Lipinski definition) is 6. The number of carbonyl (C=O) groups is 1. The van der Waals surface area contributed by atoms with Crippen molar-refractivity contribution in [1.29, 1.82) is 0 Å². The number of hydrogen-bond donors (Lipinski definition) is 0. The lowest BCUT2D eigenvalue weighted by Crippen LogP contribution is -2.22. The lowest BCUT2D eigenvalue weighted by atomic mass is 10.1. The zero-order valence-corrected chi connectivity index (χ0v) is 10.8. The molecule has 3 rings (SSSR count). The molecule has 2 heterocycles. The maximum atomic E-state index is 11.7. The number of ether oxygens (including phenoxy) is 1. The Balaban J connectivity index is 1.92. The van der Waals surface area contributed by atoms with Gasteiger partial charge in [0.15, 0.2) is 0 Å². The Morgan fingerprint density at radius 2 is 2.26 bits per heavy atom. The van der Waals surface area contributed by atoms with Gasteiger partial charge in [-0.15, -0.1) is 0 Å². The second-order valence-electron chi connectivity index (χ2n) is 4.36. The van der Waals surface area contributed by atoms with E-state index in [9.17, 15) is 4.79 Å². The summed E-state index contributed by atoms with van der Waals surface area (Å²) in [4.78, 5) is 20.0. The van der Waals surface area contributed by atoms with Gasteiger partial charge in [-0.3, -0.25) is 9.78 Å². The van der Waals surface area contributed by atoms with Crippen molar-refractivity contribution in [3.05, 3.63) is 29.2 Å². The molecule has 0 aliphatic heterocycles. The van der Waals surface area contributed by atoms with Gasteiger partial charge in [0, 0.05) is 6.20 Å². The van der Waals surface area contributed by atoms with Crippen LogP contribution in [-0.2, 0) is 14.9 Å². The van der Waals surface area contributed by atoms with Crippen molar-refractivity contribution in [3.63, 3.8) is 0 Å². The second kappa shape index (κ2) is 4.31. The molecule has 1 aliphatic rings. The molecule has 0 N–H and O–H groups in total. The van der Waals surface area contributed by atoms with E-state index in [1.807, 2.05) is 0 Å². The highest BCUT2D eigenvalue weighted by atomic mass is 35.5. The first kappa shape index (κ1) is 12.1. The molecule has 0 unspecified atom stereocenters. The number of nitrogens with zero attached hydrogens (tertiary/aromatic N) is 3. The van der Waals surface area contributed by atoms with Gasteiger partial charge in [0.05, 0.1) is 12.1 Å². The van der Waals surface area contributed by atoms with Crippen LogP contribution in [0, 0.1) is 0 Å². The number of rotatable bonds is 3. The molecule has 7 heteroatoms. The van der Waals surface area contributed by atoms with Crippen LogP contribution in [-0.4, -0.2) is 28.2 Å². The minimum Gasteiger partial charge on any atom is -0.468 e. The van der Waals surface area contributed by atoms with Crippen molar-refractivity contribution in [3.8, 4) is 11.5 Å². The third kappa shape index (κ3) is 1.98. The number of esters is 1. The van der Waals surface area contributed by atoms with Crippen LogP contribution in [0.1, 0.15) is 18.7 Å². The Morgan fingerprint density at radius 1 is 1.47 bits per heavy atom. The first-order valence-electron chi connectivity index (χ1n) is 5.70. The van der Waals surface area contributed by atoms with Gasteiger partial charge in [-0.05, 0) is 25.0 Å². The van der Waals surface area contributed by atoms with Gasteiger partial charge in [-0.25, -0.2) is 0 Å². The van der Waals surface area contributed by atoms with Gasteiger partial charge < -0.3 is 9.26 Å².